The molecule has 2 saturated carbocycles. The third-order valence-electron chi connectivity index (χ3n) is 8.51. The van der Waals surface area contributed by atoms with Gasteiger partial charge in [0.2, 0.25) is 0 Å². The van der Waals surface area contributed by atoms with Crippen LogP contribution in [0.15, 0.2) is 42.5 Å². The minimum atomic E-state index is -0.0524. The van der Waals surface area contributed by atoms with Crippen LogP contribution in [0.4, 0.5) is 4.39 Å². The second-order valence-electron chi connectivity index (χ2n) is 10.7. The Kier molecular flexibility index (Phi) is 8.44. The third-order valence-corrected chi connectivity index (χ3v) is 8.51. The van der Waals surface area contributed by atoms with Gasteiger partial charge in [-0.3, -0.25) is 0 Å². The van der Waals surface area contributed by atoms with Gasteiger partial charge in [-0.15, -0.1) is 0 Å². The van der Waals surface area contributed by atoms with Crippen molar-refractivity contribution in [1.29, 1.82) is 0 Å². The predicted octanol–water partition coefficient (Wildman–Crippen LogP) is 10.0. The monoisotopic (exact) mass is 434 g/mol. The number of hydrogen-bond donors (Lipinski definition) is 0. The predicted molar refractivity (Wildman–Crippen MR) is 136 cm³/mol. The van der Waals surface area contributed by atoms with Gasteiger partial charge < -0.3 is 0 Å². The molecule has 2 aromatic rings. The van der Waals surface area contributed by atoms with E-state index in [2.05, 4.69) is 44.2 Å². The largest absolute Gasteiger partial charge is 0.206 e. The van der Waals surface area contributed by atoms with Gasteiger partial charge in [0.25, 0.3) is 0 Å². The second-order valence-corrected chi connectivity index (χ2v) is 10.7. The SMILES string of the molecule is CCCCC1CCC(c2ccc(-c3ccc(C4CCC(CCC)CC4)cc3)c(F)c2)CC1. The van der Waals surface area contributed by atoms with Crippen molar-refractivity contribution in [2.24, 2.45) is 11.8 Å². The molecular weight excluding hydrogens is 391 g/mol. The molecule has 0 aromatic heterocycles. The van der Waals surface area contributed by atoms with E-state index in [9.17, 15) is 0 Å². The maximum absolute atomic E-state index is 15.1. The molecule has 0 amide bonds. The van der Waals surface area contributed by atoms with Crippen LogP contribution in [0.3, 0.4) is 0 Å². The number of unbranched alkanes of at least 4 members (excludes halogenated alkanes) is 1. The van der Waals surface area contributed by atoms with Crippen molar-refractivity contribution in [3.05, 3.63) is 59.4 Å². The van der Waals surface area contributed by atoms with E-state index in [1.807, 2.05) is 12.1 Å². The summed E-state index contributed by atoms with van der Waals surface area (Å²) in [6.07, 6.45) is 17.2. The number of halogens is 1. The third kappa shape index (κ3) is 5.83. The van der Waals surface area contributed by atoms with Crippen LogP contribution in [0.5, 0.6) is 0 Å². The van der Waals surface area contributed by atoms with E-state index in [1.165, 1.54) is 94.6 Å². The summed E-state index contributed by atoms with van der Waals surface area (Å²) in [4.78, 5) is 0. The van der Waals surface area contributed by atoms with Crippen molar-refractivity contribution in [3.8, 4) is 11.1 Å². The highest BCUT2D eigenvalue weighted by Gasteiger charge is 2.24. The van der Waals surface area contributed by atoms with Gasteiger partial charge in [-0.1, -0.05) is 82.3 Å². The van der Waals surface area contributed by atoms with Crippen LogP contribution in [0.1, 0.15) is 120 Å². The standard InChI is InChI=1S/C31H43F/c1-3-5-7-24-10-14-27(15-11-24)29-20-21-30(31(32)22-29)28-18-16-26(17-19-28)25-12-8-23(6-4-2)9-13-25/h16-25,27H,3-15H2,1-2H3. The molecular formula is C31H43F. The van der Waals surface area contributed by atoms with Gasteiger partial charge >= 0.3 is 0 Å². The lowest BCUT2D eigenvalue weighted by Gasteiger charge is -2.29. The molecule has 0 saturated heterocycles. The van der Waals surface area contributed by atoms with E-state index < -0.39 is 0 Å². The van der Waals surface area contributed by atoms with Gasteiger partial charge in [0, 0.05) is 5.56 Å². The fraction of sp³-hybridized carbons (Fsp3) is 0.613. The van der Waals surface area contributed by atoms with Crippen molar-refractivity contribution in [1.82, 2.24) is 0 Å². The zero-order chi connectivity index (χ0) is 22.3. The number of hydrogen-bond acceptors (Lipinski definition) is 0. The first-order valence-corrected chi connectivity index (χ1v) is 13.6. The molecule has 1 heteroatoms. The fourth-order valence-electron chi connectivity index (χ4n) is 6.42. The summed E-state index contributed by atoms with van der Waals surface area (Å²) in [6, 6.07) is 14.8. The molecule has 0 aliphatic heterocycles. The average Bonchev–Trinajstić information content (AvgIpc) is 2.84. The molecule has 0 N–H and O–H groups in total. The molecule has 0 radical (unpaired) electrons. The normalized spacial score (nSPS) is 26.2. The second kappa shape index (κ2) is 11.5. The molecule has 2 aliphatic carbocycles. The summed E-state index contributed by atoms with van der Waals surface area (Å²) < 4.78 is 15.1. The minimum Gasteiger partial charge on any atom is -0.206 e. The maximum atomic E-state index is 15.1. The van der Waals surface area contributed by atoms with Gasteiger partial charge in [-0.2, -0.15) is 0 Å². The summed E-state index contributed by atoms with van der Waals surface area (Å²) in [5.41, 5.74) is 4.42. The molecule has 0 spiro atoms. The minimum absolute atomic E-state index is 0.0524. The molecule has 0 nitrogen and oxygen atoms in total. The Morgan fingerprint density at radius 3 is 1.78 bits per heavy atom. The van der Waals surface area contributed by atoms with Crippen molar-refractivity contribution in [3.63, 3.8) is 0 Å². The van der Waals surface area contributed by atoms with E-state index in [1.54, 1.807) is 0 Å². The smallest absolute Gasteiger partial charge is 0.131 e. The van der Waals surface area contributed by atoms with Crippen LogP contribution in [0.25, 0.3) is 11.1 Å². The molecule has 2 fully saturated rings. The van der Waals surface area contributed by atoms with Crippen LogP contribution in [0, 0.1) is 17.7 Å². The Bertz CT molecular complexity index is 820. The average molecular weight is 435 g/mol. The maximum Gasteiger partial charge on any atom is 0.131 e. The Morgan fingerprint density at radius 2 is 1.22 bits per heavy atom. The highest BCUT2D eigenvalue weighted by atomic mass is 19.1. The van der Waals surface area contributed by atoms with E-state index in [0.29, 0.717) is 11.8 Å². The lowest BCUT2D eigenvalue weighted by molar-refractivity contribution is 0.304. The topological polar surface area (TPSA) is 0 Å². The molecule has 32 heavy (non-hydrogen) atoms. The van der Waals surface area contributed by atoms with E-state index in [-0.39, 0.29) is 5.82 Å². The van der Waals surface area contributed by atoms with Crippen LogP contribution in [-0.2, 0) is 0 Å². The van der Waals surface area contributed by atoms with Gasteiger partial charge in [0.15, 0.2) is 0 Å². The Balaban J connectivity index is 1.36. The first-order valence-electron chi connectivity index (χ1n) is 13.6. The van der Waals surface area contributed by atoms with Gasteiger partial charge in [0.1, 0.15) is 5.82 Å². The Morgan fingerprint density at radius 1 is 0.656 bits per heavy atom. The highest BCUT2D eigenvalue weighted by Crippen LogP contribution is 2.40. The van der Waals surface area contributed by atoms with Gasteiger partial charge in [-0.05, 0) is 97.8 Å². The first kappa shape index (κ1) is 23.5. The lowest BCUT2D eigenvalue weighted by atomic mass is 9.76. The molecule has 2 aliphatic rings. The van der Waals surface area contributed by atoms with Crippen molar-refractivity contribution in [2.45, 2.75) is 109 Å². The number of rotatable bonds is 8. The quantitative estimate of drug-likeness (QED) is 0.387. The summed E-state index contributed by atoms with van der Waals surface area (Å²) in [7, 11) is 0. The molecule has 0 bridgehead atoms. The Hall–Kier alpha value is -1.63. The van der Waals surface area contributed by atoms with E-state index in [4.69, 9.17) is 0 Å². The fourth-order valence-corrected chi connectivity index (χ4v) is 6.42. The van der Waals surface area contributed by atoms with Gasteiger partial charge in [-0.25, -0.2) is 4.39 Å². The van der Waals surface area contributed by atoms with Crippen LogP contribution < -0.4 is 0 Å². The van der Waals surface area contributed by atoms with Crippen molar-refractivity contribution < 1.29 is 4.39 Å². The molecule has 0 atom stereocenters. The number of benzene rings is 2. The van der Waals surface area contributed by atoms with Crippen molar-refractivity contribution in [2.75, 3.05) is 0 Å². The molecule has 0 unspecified atom stereocenters. The summed E-state index contributed by atoms with van der Waals surface area (Å²) in [5, 5.41) is 0. The zero-order valence-electron chi connectivity index (χ0n) is 20.4. The summed E-state index contributed by atoms with van der Waals surface area (Å²) in [6.45, 7) is 4.58. The van der Waals surface area contributed by atoms with E-state index in [0.717, 1.165) is 23.0 Å². The molecule has 174 valence electrons. The van der Waals surface area contributed by atoms with Crippen LogP contribution >= 0.6 is 0 Å². The first-order chi connectivity index (χ1) is 15.7. The summed E-state index contributed by atoms with van der Waals surface area (Å²) in [5.74, 6) is 3.02. The highest BCUT2D eigenvalue weighted by molar-refractivity contribution is 5.65. The lowest BCUT2D eigenvalue weighted by Crippen LogP contribution is -2.13. The van der Waals surface area contributed by atoms with Crippen LogP contribution in [-0.4, -0.2) is 0 Å². The summed E-state index contributed by atoms with van der Waals surface area (Å²) >= 11 is 0. The molecule has 0 heterocycles. The Labute approximate surface area is 196 Å². The van der Waals surface area contributed by atoms with Crippen molar-refractivity contribution >= 4 is 0 Å². The van der Waals surface area contributed by atoms with Gasteiger partial charge in [0.05, 0.1) is 0 Å². The van der Waals surface area contributed by atoms with Crippen LogP contribution in [0.2, 0.25) is 0 Å². The zero-order valence-corrected chi connectivity index (χ0v) is 20.4. The van der Waals surface area contributed by atoms with E-state index >= 15 is 4.39 Å². The molecule has 2 aromatic carbocycles. The molecule has 4 rings (SSSR count).